The van der Waals surface area contributed by atoms with Crippen molar-refractivity contribution in [3.8, 4) is 17.2 Å². The molecule has 2 heterocycles. The number of methoxy groups -OCH3 is 2. The number of allylic oxidation sites excluding steroid dienone is 1. The summed E-state index contributed by atoms with van der Waals surface area (Å²) in [7, 11) is 3.04. The van der Waals surface area contributed by atoms with E-state index in [2.05, 4.69) is 4.99 Å². The van der Waals surface area contributed by atoms with Gasteiger partial charge in [-0.1, -0.05) is 41.1 Å². The molecule has 8 nitrogen and oxygen atoms in total. The molecule has 1 aromatic heterocycles. The number of aromatic nitrogens is 1. The molecule has 0 amide bonds. The number of carbonyl (C=O) groups is 1. The summed E-state index contributed by atoms with van der Waals surface area (Å²) in [5.74, 6) is 0.538. The Morgan fingerprint density at radius 2 is 1.77 bits per heavy atom. The smallest absolute Gasteiger partial charge is 0.338 e. The van der Waals surface area contributed by atoms with Crippen molar-refractivity contribution in [2.75, 3.05) is 20.8 Å². The molecule has 3 aromatic carbocycles. The van der Waals surface area contributed by atoms with E-state index < -0.39 is 12.0 Å². The van der Waals surface area contributed by atoms with Crippen LogP contribution in [0.4, 0.5) is 4.39 Å². The Morgan fingerprint density at radius 1 is 1.05 bits per heavy atom. The van der Waals surface area contributed by atoms with Gasteiger partial charge in [-0.3, -0.25) is 9.36 Å². The Balaban J connectivity index is 1.64. The second kappa shape index (κ2) is 12.8. The van der Waals surface area contributed by atoms with Crippen molar-refractivity contribution in [1.82, 2.24) is 4.57 Å². The molecule has 1 aliphatic rings. The van der Waals surface area contributed by atoms with Crippen LogP contribution in [0.2, 0.25) is 5.02 Å². The van der Waals surface area contributed by atoms with Crippen LogP contribution >= 0.6 is 22.9 Å². The number of esters is 1. The highest BCUT2D eigenvalue weighted by atomic mass is 35.5. The Morgan fingerprint density at radius 3 is 2.47 bits per heavy atom. The molecule has 0 N–H and O–H groups in total. The third-order valence-corrected chi connectivity index (χ3v) is 8.02. The number of fused-ring (bicyclic) bond motifs is 1. The third kappa shape index (κ3) is 6.21. The van der Waals surface area contributed by atoms with Crippen LogP contribution in [0.5, 0.6) is 17.2 Å². The van der Waals surface area contributed by atoms with E-state index in [0.717, 1.165) is 5.56 Å². The Bertz CT molecular complexity index is 1900. The van der Waals surface area contributed by atoms with Crippen molar-refractivity contribution in [1.29, 1.82) is 0 Å². The molecule has 0 fully saturated rings. The summed E-state index contributed by atoms with van der Waals surface area (Å²) in [5.41, 5.74) is 2.30. The maximum atomic E-state index is 14.1. The number of benzene rings is 3. The van der Waals surface area contributed by atoms with E-state index in [1.165, 1.54) is 42.3 Å². The number of rotatable bonds is 9. The topological polar surface area (TPSA) is 88.4 Å². The Labute approximate surface area is 255 Å². The van der Waals surface area contributed by atoms with Crippen LogP contribution in [0.1, 0.15) is 36.6 Å². The maximum Gasteiger partial charge on any atom is 0.338 e. The molecular formula is C32H28ClFN2O6S. The minimum Gasteiger partial charge on any atom is -0.493 e. The zero-order valence-electron chi connectivity index (χ0n) is 23.9. The molecule has 43 heavy (non-hydrogen) atoms. The normalized spacial score (nSPS) is 14.7. The van der Waals surface area contributed by atoms with Gasteiger partial charge in [0.2, 0.25) is 0 Å². The maximum absolute atomic E-state index is 14.1. The highest BCUT2D eigenvalue weighted by Gasteiger charge is 2.34. The summed E-state index contributed by atoms with van der Waals surface area (Å²) in [6.45, 7) is 3.78. The Hall–Kier alpha value is -4.41. The van der Waals surface area contributed by atoms with Crippen molar-refractivity contribution in [3.05, 3.63) is 119 Å². The van der Waals surface area contributed by atoms with Gasteiger partial charge in [0.05, 0.1) is 42.7 Å². The lowest BCUT2D eigenvalue weighted by Gasteiger charge is -2.25. The first-order chi connectivity index (χ1) is 20.7. The van der Waals surface area contributed by atoms with E-state index in [1.54, 1.807) is 68.5 Å². The minimum atomic E-state index is -0.828. The summed E-state index contributed by atoms with van der Waals surface area (Å²) in [6.07, 6.45) is 1.69. The molecule has 0 radical (unpaired) electrons. The molecule has 0 bridgehead atoms. The van der Waals surface area contributed by atoms with Gasteiger partial charge in [-0.2, -0.15) is 0 Å². The minimum absolute atomic E-state index is 0.161. The van der Waals surface area contributed by atoms with Gasteiger partial charge in [-0.15, -0.1) is 0 Å². The van der Waals surface area contributed by atoms with Crippen molar-refractivity contribution in [2.24, 2.45) is 4.99 Å². The fraction of sp³-hybridized carbons (Fsp3) is 0.219. The quantitative estimate of drug-likeness (QED) is 0.239. The van der Waals surface area contributed by atoms with Crippen molar-refractivity contribution in [2.45, 2.75) is 26.5 Å². The molecule has 1 aliphatic heterocycles. The fourth-order valence-electron chi connectivity index (χ4n) is 4.78. The van der Waals surface area contributed by atoms with Crippen LogP contribution in [0.3, 0.4) is 0 Å². The SMILES string of the molecule is CCOC(=O)C1=C(C)N=c2s/c(=C\c3cc(Cl)ccc3OCc3ccc(F)cc3)c(=O)n2[C@@H]1c1ccc(OC)c(OC)c1. The lowest BCUT2D eigenvalue weighted by atomic mass is 9.95. The van der Waals surface area contributed by atoms with E-state index in [9.17, 15) is 14.0 Å². The average molecular weight is 623 g/mol. The monoisotopic (exact) mass is 622 g/mol. The van der Waals surface area contributed by atoms with E-state index in [1.807, 2.05) is 0 Å². The van der Waals surface area contributed by atoms with Crippen LogP contribution in [0, 0.1) is 5.82 Å². The first-order valence-corrected chi connectivity index (χ1v) is 14.5. The first kappa shape index (κ1) is 30.1. The first-order valence-electron chi connectivity index (χ1n) is 13.3. The molecule has 0 spiro atoms. The number of halogens is 2. The number of hydrogen-bond acceptors (Lipinski definition) is 8. The lowest BCUT2D eigenvalue weighted by Crippen LogP contribution is -2.40. The Kier molecular flexibility index (Phi) is 8.98. The molecule has 0 saturated heterocycles. The van der Waals surface area contributed by atoms with Gasteiger partial charge in [0.25, 0.3) is 5.56 Å². The lowest BCUT2D eigenvalue weighted by molar-refractivity contribution is -0.139. The van der Waals surface area contributed by atoms with Gasteiger partial charge >= 0.3 is 5.97 Å². The van der Waals surface area contributed by atoms with E-state index in [-0.39, 0.29) is 30.2 Å². The number of thiazole rings is 1. The fourth-order valence-corrected chi connectivity index (χ4v) is 5.99. The summed E-state index contributed by atoms with van der Waals surface area (Å²) in [4.78, 5) is 32.3. The standard InChI is InChI=1S/C32H28ClFN2O6S/c1-5-41-31(38)28-18(2)35-32-36(29(28)20-8-12-25(39-3)26(15-20)40-4)30(37)27(43-32)16-21-14-22(33)9-13-24(21)42-17-19-6-10-23(34)11-7-19/h6-16,29H,5,17H2,1-4H3/b27-16-/t29-/m1/s1. The predicted molar refractivity (Wildman–Crippen MR) is 162 cm³/mol. The number of hydrogen-bond donors (Lipinski definition) is 0. The molecular weight excluding hydrogens is 595 g/mol. The van der Waals surface area contributed by atoms with Gasteiger partial charge in [0.15, 0.2) is 16.3 Å². The van der Waals surface area contributed by atoms with Crippen LogP contribution < -0.4 is 29.1 Å². The molecule has 1 atom stereocenters. The summed E-state index contributed by atoms with van der Waals surface area (Å²) < 4.78 is 37.5. The van der Waals surface area contributed by atoms with Gasteiger partial charge in [0.1, 0.15) is 18.2 Å². The van der Waals surface area contributed by atoms with E-state index >= 15 is 0 Å². The second-order valence-corrected chi connectivity index (χ2v) is 11.0. The van der Waals surface area contributed by atoms with Crippen molar-refractivity contribution >= 4 is 35.0 Å². The molecule has 0 unspecified atom stereocenters. The molecule has 5 rings (SSSR count). The molecule has 4 aromatic rings. The number of carbonyl (C=O) groups excluding carboxylic acids is 1. The summed E-state index contributed by atoms with van der Waals surface area (Å²) in [5, 5.41) is 0.455. The van der Waals surface area contributed by atoms with Gasteiger partial charge in [0, 0.05) is 10.6 Å². The molecule has 0 saturated carbocycles. The van der Waals surface area contributed by atoms with Crippen LogP contribution in [0.15, 0.2) is 81.7 Å². The van der Waals surface area contributed by atoms with Crippen molar-refractivity contribution in [3.63, 3.8) is 0 Å². The summed E-state index contributed by atoms with van der Waals surface area (Å²) >= 11 is 7.50. The molecule has 222 valence electrons. The van der Waals surface area contributed by atoms with Gasteiger partial charge in [-0.05, 0) is 73.5 Å². The van der Waals surface area contributed by atoms with E-state index in [0.29, 0.717) is 48.4 Å². The zero-order valence-corrected chi connectivity index (χ0v) is 25.4. The largest absolute Gasteiger partial charge is 0.493 e. The number of ether oxygens (including phenoxy) is 4. The van der Waals surface area contributed by atoms with Gasteiger partial charge in [-0.25, -0.2) is 14.2 Å². The third-order valence-electron chi connectivity index (χ3n) is 6.81. The van der Waals surface area contributed by atoms with Crippen LogP contribution in [-0.4, -0.2) is 31.4 Å². The highest BCUT2D eigenvalue weighted by Crippen LogP contribution is 2.36. The zero-order chi connectivity index (χ0) is 30.7. The highest BCUT2D eigenvalue weighted by molar-refractivity contribution is 7.07. The van der Waals surface area contributed by atoms with Crippen LogP contribution in [-0.2, 0) is 16.1 Å². The predicted octanol–water partition coefficient (Wildman–Crippen LogP) is 5.19. The summed E-state index contributed by atoms with van der Waals surface area (Å²) in [6, 6.07) is 15.5. The molecule has 11 heteroatoms. The van der Waals surface area contributed by atoms with Crippen molar-refractivity contribution < 1.29 is 28.1 Å². The molecule has 0 aliphatic carbocycles. The van der Waals surface area contributed by atoms with Gasteiger partial charge < -0.3 is 18.9 Å². The van der Waals surface area contributed by atoms with Crippen LogP contribution in [0.25, 0.3) is 6.08 Å². The average Bonchev–Trinajstić information content (AvgIpc) is 3.30. The van der Waals surface area contributed by atoms with E-state index in [4.69, 9.17) is 30.5 Å². The number of nitrogens with zero attached hydrogens (tertiary/aromatic N) is 2. The second-order valence-electron chi connectivity index (χ2n) is 9.51.